The molecule has 2 heterocycles. The molecule has 4 nitrogen and oxygen atoms in total. The zero-order valence-corrected chi connectivity index (χ0v) is 12.3. The molecule has 0 saturated carbocycles. The lowest BCUT2D eigenvalue weighted by molar-refractivity contribution is -0.123. The summed E-state index contributed by atoms with van der Waals surface area (Å²) >= 11 is 0. The number of piperidine rings is 1. The number of carbonyl (C=O) groups excluding carboxylic acids is 1. The lowest BCUT2D eigenvalue weighted by Crippen LogP contribution is -2.41. The Morgan fingerprint density at radius 2 is 2.37 bits per heavy atom. The number of carbonyl (C=O) groups is 1. The molecule has 0 aliphatic carbocycles. The predicted molar refractivity (Wildman–Crippen MR) is 76.0 cm³/mol. The number of rotatable bonds is 5. The third-order valence-corrected chi connectivity index (χ3v) is 4.61. The second-order valence-corrected chi connectivity index (χ2v) is 6.47. The molecule has 110 valence electrons. The highest BCUT2D eigenvalue weighted by Gasteiger charge is 2.30. The van der Waals surface area contributed by atoms with Crippen LogP contribution in [0.1, 0.15) is 46.0 Å². The first-order valence-electron chi connectivity index (χ1n) is 7.70. The van der Waals surface area contributed by atoms with Crippen molar-refractivity contribution in [2.24, 2.45) is 11.8 Å². The van der Waals surface area contributed by atoms with Gasteiger partial charge in [0.1, 0.15) is 0 Å². The van der Waals surface area contributed by atoms with E-state index in [9.17, 15) is 4.79 Å². The van der Waals surface area contributed by atoms with Gasteiger partial charge < -0.3 is 15.4 Å². The van der Waals surface area contributed by atoms with Gasteiger partial charge in [0, 0.05) is 19.6 Å². The van der Waals surface area contributed by atoms with Crippen LogP contribution >= 0.6 is 0 Å². The monoisotopic (exact) mass is 268 g/mol. The van der Waals surface area contributed by atoms with Crippen LogP contribution in [0, 0.1) is 11.8 Å². The van der Waals surface area contributed by atoms with Gasteiger partial charge in [0.25, 0.3) is 0 Å². The third-order valence-electron chi connectivity index (χ3n) is 4.61. The van der Waals surface area contributed by atoms with Crippen LogP contribution in [-0.2, 0) is 9.53 Å². The average Bonchev–Trinajstić information content (AvgIpc) is 2.85. The van der Waals surface area contributed by atoms with Gasteiger partial charge in [0.2, 0.25) is 5.91 Å². The summed E-state index contributed by atoms with van der Waals surface area (Å²) in [5, 5.41) is 6.47. The van der Waals surface area contributed by atoms with E-state index in [1.54, 1.807) is 0 Å². The molecule has 1 amide bonds. The highest BCUT2D eigenvalue weighted by molar-refractivity contribution is 5.76. The van der Waals surface area contributed by atoms with Crippen molar-refractivity contribution in [1.29, 1.82) is 0 Å². The summed E-state index contributed by atoms with van der Waals surface area (Å²) in [6.45, 7) is 7.97. The predicted octanol–water partition coefficient (Wildman–Crippen LogP) is 1.70. The number of hydrogen-bond acceptors (Lipinski definition) is 3. The molecule has 2 aliphatic heterocycles. The summed E-state index contributed by atoms with van der Waals surface area (Å²) in [5.74, 6) is 1.29. The topological polar surface area (TPSA) is 50.4 Å². The van der Waals surface area contributed by atoms with Crippen LogP contribution in [0.25, 0.3) is 0 Å². The fraction of sp³-hybridized carbons (Fsp3) is 0.933. The van der Waals surface area contributed by atoms with E-state index in [1.165, 1.54) is 12.8 Å². The third kappa shape index (κ3) is 4.46. The Hall–Kier alpha value is -0.610. The van der Waals surface area contributed by atoms with Crippen LogP contribution in [0.15, 0.2) is 0 Å². The van der Waals surface area contributed by atoms with Crippen molar-refractivity contribution in [2.45, 2.75) is 51.6 Å². The van der Waals surface area contributed by atoms with Crippen molar-refractivity contribution in [3.8, 4) is 0 Å². The maximum absolute atomic E-state index is 12.0. The largest absolute Gasteiger partial charge is 0.373 e. The smallest absolute Gasteiger partial charge is 0.220 e. The number of amides is 1. The van der Waals surface area contributed by atoms with Crippen molar-refractivity contribution in [2.75, 3.05) is 26.2 Å². The van der Waals surface area contributed by atoms with Crippen LogP contribution in [-0.4, -0.2) is 37.7 Å². The van der Waals surface area contributed by atoms with Crippen molar-refractivity contribution in [3.05, 3.63) is 0 Å². The molecule has 4 heteroatoms. The molecule has 0 bridgehead atoms. The SMILES string of the molecule is CC(CC(=O)NCC1(C)CCCO1)C1CCCNC1. The van der Waals surface area contributed by atoms with Gasteiger partial charge in [-0.2, -0.15) is 0 Å². The minimum absolute atomic E-state index is 0.134. The Labute approximate surface area is 116 Å². The molecule has 19 heavy (non-hydrogen) atoms. The zero-order valence-electron chi connectivity index (χ0n) is 12.3. The molecule has 3 atom stereocenters. The van der Waals surface area contributed by atoms with E-state index in [-0.39, 0.29) is 11.5 Å². The molecule has 0 aromatic heterocycles. The maximum atomic E-state index is 12.0. The first-order valence-corrected chi connectivity index (χ1v) is 7.70. The molecule has 0 aromatic rings. The Morgan fingerprint density at radius 1 is 1.53 bits per heavy atom. The first-order chi connectivity index (χ1) is 9.09. The first kappa shape index (κ1) is 14.8. The standard InChI is InChI=1S/C15H28N2O2/c1-12(13-5-3-7-16-10-13)9-14(18)17-11-15(2)6-4-8-19-15/h12-13,16H,3-11H2,1-2H3,(H,17,18). The molecule has 2 fully saturated rings. The summed E-state index contributed by atoms with van der Waals surface area (Å²) in [5.41, 5.74) is -0.134. The summed E-state index contributed by atoms with van der Waals surface area (Å²) in [6, 6.07) is 0. The van der Waals surface area contributed by atoms with E-state index in [4.69, 9.17) is 4.74 Å². The molecular weight excluding hydrogens is 240 g/mol. The molecule has 2 N–H and O–H groups in total. The van der Waals surface area contributed by atoms with Gasteiger partial charge in [0.15, 0.2) is 0 Å². The van der Waals surface area contributed by atoms with Crippen LogP contribution in [0.5, 0.6) is 0 Å². The van der Waals surface area contributed by atoms with Crippen molar-refractivity contribution in [1.82, 2.24) is 10.6 Å². The van der Waals surface area contributed by atoms with Gasteiger partial charge in [-0.05, 0) is 57.5 Å². The van der Waals surface area contributed by atoms with Gasteiger partial charge in [-0.25, -0.2) is 0 Å². The summed E-state index contributed by atoms with van der Waals surface area (Å²) < 4.78 is 5.69. The van der Waals surface area contributed by atoms with E-state index in [1.807, 2.05) is 0 Å². The molecule has 2 saturated heterocycles. The quantitative estimate of drug-likeness (QED) is 0.798. The number of ether oxygens (including phenoxy) is 1. The van der Waals surface area contributed by atoms with Crippen LogP contribution in [0.3, 0.4) is 0 Å². The van der Waals surface area contributed by atoms with E-state index >= 15 is 0 Å². The van der Waals surface area contributed by atoms with Gasteiger partial charge in [0.05, 0.1) is 5.60 Å². The average molecular weight is 268 g/mol. The van der Waals surface area contributed by atoms with Gasteiger partial charge in [-0.15, -0.1) is 0 Å². The molecule has 0 spiro atoms. The minimum atomic E-state index is -0.134. The second-order valence-electron chi connectivity index (χ2n) is 6.47. The summed E-state index contributed by atoms with van der Waals surface area (Å²) in [7, 11) is 0. The van der Waals surface area contributed by atoms with Gasteiger partial charge in [-0.3, -0.25) is 4.79 Å². The van der Waals surface area contributed by atoms with Crippen molar-refractivity contribution >= 4 is 5.91 Å². The Kier molecular flexibility index (Phi) is 5.22. The molecule has 3 unspecified atom stereocenters. The Bertz CT molecular complexity index is 295. The second kappa shape index (κ2) is 6.71. The van der Waals surface area contributed by atoms with Crippen LogP contribution in [0.4, 0.5) is 0 Å². The Morgan fingerprint density at radius 3 is 3.00 bits per heavy atom. The van der Waals surface area contributed by atoms with Gasteiger partial charge >= 0.3 is 0 Å². The highest BCUT2D eigenvalue weighted by atomic mass is 16.5. The van der Waals surface area contributed by atoms with Crippen LogP contribution < -0.4 is 10.6 Å². The van der Waals surface area contributed by atoms with Crippen molar-refractivity contribution < 1.29 is 9.53 Å². The van der Waals surface area contributed by atoms with Crippen LogP contribution in [0.2, 0.25) is 0 Å². The lowest BCUT2D eigenvalue weighted by atomic mass is 9.85. The fourth-order valence-electron chi connectivity index (χ4n) is 3.16. The molecule has 0 aromatic carbocycles. The number of nitrogens with one attached hydrogen (secondary N) is 2. The Balaban J connectivity index is 1.68. The molecule has 0 radical (unpaired) electrons. The van der Waals surface area contributed by atoms with Crippen molar-refractivity contribution in [3.63, 3.8) is 0 Å². The molecule has 2 aliphatic rings. The van der Waals surface area contributed by atoms with E-state index in [0.29, 0.717) is 24.8 Å². The molecule has 2 rings (SSSR count). The van der Waals surface area contributed by atoms with E-state index in [0.717, 1.165) is 32.5 Å². The van der Waals surface area contributed by atoms with Gasteiger partial charge in [-0.1, -0.05) is 6.92 Å². The van der Waals surface area contributed by atoms with E-state index in [2.05, 4.69) is 24.5 Å². The molecular formula is C15H28N2O2. The number of hydrogen-bond donors (Lipinski definition) is 2. The summed E-state index contributed by atoms with van der Waals surface area (Å²) in [6.07, 6.45) is 5.29. The fourth-order valence-corrected chi connectivity index (χ4v) is 3.16. The van der Waals surface area contributed by atoms with E-state index < -0.39 is 0 Å². The minimum Gasteiger partial charge on any atom is -0.373 e. The normalized spacial score (nSPS) is 33.1. The summed E-state index contributed by atoms with van der Waals surface area (Å²) in [4.78, 5) is 12.0. The highest BCUT2D eigenvalue weighted by Crippen LogP contribution is 2.25. The maximum Gasteiger partial charge on any atom is 0.220 e. The lowest BCUT2D eigenvalue weighted by Gasteiger charge is -2.28. The zero-order chi connectivity index (χ0) is 13.7.